The van der Waals surface area contributed by atoms with E-state index >= 15 is 0 Å². The van der Waals surface area contributed by atoms with Gasteiger partial charge in [0.25, 0.3) is 0 Å². The Balaban J connectivity index is 1.49. The Labute approximate surface area is 204 Å². The summed E-state index contributed by atoms with van der Waals surface area (Å²) in [6.07, 6.45) is -1.78. The summed E-state index contributed by atoms with van der Waals surface area (Å²) in [7, 11) is 0. The van der Waals surface area contributed by atoms with E-state index in [0.29, 0.717) is 6.61 Å². The summed E-state index contributed by atoms with van der Waals surface area (Å²) in [6.45, 7) is 3.47. The Morgan fingerprint density at radius 2 is 1.63 bits per heavy atom. The number of rotatable bonds is 12. The number of aliphatic carboxylic acids is 1. The predicted octanol–water partition coefficient (Wildman–Crippen LogP) is 2.66. The van der Waals surface area contributed by atoms with Gasteiger partial charge in [-0.15, -0.1) is 0 Å². The van der Waals surface area contributed by atoms with Gasteiger partial charge in [-0.1, -0.05) is 48.5 Å². The van der Waals surface area contributed by atoms with Crippen LogP contribution in [0.2, 0.25) is 0 Å². The van der Waals surface area contributed by atoms with Gasteiger partial charge in [0.2, 0.25) is 5.91 Å². The van der Waals surface area contributed by atoms with E-state index in [9.17, 15) is 19.5 Å². The quantitative estimate of drug-likeness (QED) is 0.364. The van der Waals surface area contributed by atoms with Crippen molar-refractivity contribution in [3.63, 3.8) is 0 Å². The van der Waals surface area contributed by atoms with E-state index in [1.54, 1.807) is 6.92 Å². The first-order valence-corrected chi connectivity index (χ1v) is 11.6. The lowest BCUT2D eigenvalue weighted by molar-refractivity contribution is -0.142. The topological polar surface area (TPSA) is 134 Å². The molecule has 0 heterocycles. The zero-order chi connectivity index (χ0) is 25.4. The molecule has 0 spiro atoms. The van der Waals surface area contributed by atoms with Crippen molar-refractivity contribution in [3.8, 4) is 11.1 Å². The largest absolute Gasteiger partial charge is 0.481 e. The lowest BCUT2D eigenvalue weighted by atomic mass is 9.98. The number of alkyl carbamates (subject to hydrolysis) is 1. The number of aliphatic hydroxyl groups is 1. The van der Waals surface area contributed by atoms with Gasteiger partial charge >= 0.3 is 12.1 Å². The van der Waals surface area contributed by atoms with Crippen molar-refractivity contribution in [3.05, 3.63) is 59.7 Å². The van der Waals surface area contributed by atoms with Crippen molar-refractivity contribution in [2.45, 2.75) is 44.3 Å². The van der Waals surface area contributed by atoms with Crippen LogP contribution in [-0.4, -0.2) is 66.2 Å². The highest BCUT2D eigenvalue weighted by Crippen LogP contribution is 2.44. The molecule has 0 aliphatic heterocycles. The third kappa shape index (κ3) is 7.27. The standard InChI is InChI=1S/C26H32N2O7/c1-3-34-17(12-23(29)28-16-26(2,33)13-24(30)31)14-27-25(32)35-15-22-20-10-6-4-8-18(20)19-9-5-7-11-21(19)22/h4-11,17,22,33H,3,12-16H2,1-2H3,(H,27,32)(H,28,29)(H,30,31). The molecule has 0 bridgehead atoms. The van der Waals surface area contributed by atoms with E-state index in [1.807, 2.05) is 36.4 Å². The molecule has 188 valence electrons. The van der Waals surface area contributed by atoms with Gasteiger partial charge in [-0.3, -0.25) is 9.59 Å². The van der Waals surface area contributed by atoms with E-state index in [1.165, 1.54) is 6.92 Å². The van der Waals surface area contributed by atoms with Gasteiger partial charge < -0.3 is 30.3 Å². The zero-order valence-electron chi connectivity index (χ0n) is 20.0. The van der Waals surface area contributed by atoms with Crippen LogP contribution >= 0.6 is 0 Å². The smallest absolute Gasteiger partial charge is 0.407 e. The maximum Gasteiger partial charge on any atom is 0.407 e. The number of benzene rings is 2. The van der Waals surface area contributed by atoms with Crippen molar-refractivity contribution in [2.75, 3.05) is 26.3 Å². The zero-order valence-corrected chi connectivity index (χ0v) is 20.0. The molecule has 9 nitrogen and oxygen atoms in total. The molecule has 2 aromatic carbocycles. The number of hydrogen-bond donors (Lipinski definition) is 4. The maximum absolute atomic E-state index is 12.4. The highest BCUT2D eigenvalue weighted by molar-refractivity contribution is 5.79. The molecule has 2 atom stereocenters. The molecule has 35 heavy (non-hydrogen) atoms. The number of carboxylic acids is 1. The van der Waals surface area contributed by atoms with Crippen molar-refractivity contribution in [1.29, 1.82) is 0 Å². The van der Waals surface area contributed by atoms with Gasteiger partial charge in [0.15, 0.2) is 0 Å². The number of carbonyl (C=O) groups excluding carboxylic acids is 2. The Bertz CT molecular complexity index is 1010. The average molecular weight is 485 g/mol. The van der Waals surface area contributed by atoms with Crippen LogP contribution in [0.15, 0.2) is 48.5 Å². The fraction of sp³-hybridized carbons (Fsp3) is 0.423. The van der Waals surface area contributed by atoms with Crippen LogP contribution < -0.4 is 10.6 Å². The van der Waals surface area contributed by atoms with Gasteiger partial charge in [0.1, 0.15) is 6.61 Å². The summed E-state index contributed by atoms with van der Waals surface area (Å²) in [5.41, 5.74) is 2.94. The molecule has 1 aliphatic rings. The van der Waals surface area contributed by atoms with E-state index < -0.39 is 36.1 Å². The normalized spacial score (nSPS) is 14.8. The first-order valence-electron chi connectivity index (χ1n) is 11.6. The van der Waals surface area contributed by atoms with Crippen LogP contribution in [0.4, 0.5) is 4.79 Å². The summed E-state index contributed by atoms with van der Waals surface area (Å²) >= 11 is 0. The van der Waals surface area contributed by atoms with E-state index in [0.717, 1.165) is 22.3 Å². The molecule has 4 N–H and O–H groups in total. The maximum atomic E-state index is 12.4. The average Bonchev–Trinajstić information content (AvgIpc) is 3.13. The summed E-state index contributed by atoms with van der Waals surface area (Å²) < 4.78 is 11.1. The molecule has 0 fully saturated rings. The molecule has 2 aromatic rings. The summed E-state index contributed by atoms with van der Waals surface area (Å²) in [5, 5.41) is 24.0. The number of amides is 2. The summed E-state index contributed by atoms with van der Waals surface area (Å²) in [4.78, 5) is 35.4. The second-order valence-electron chi connectivity index (χ2n) is 8.83. The Morgan fingerprint density at radius 3 is 2.20 bits per heavy atom. The summed E-state index contributed by atoms with van der Waals surface area (Å²) in [5.74, 6) is -1.65. The second kappa shape index (κ2) is 11.8. The molecule has 0 radical (unpaired) electrons. The molecule has 1 aliphatic carbocycles. The van der Waals surface area contributed by atoms with Gasteiger partial charge in [0, 0.05) is 25.6 Å². The number of hydrogen-bond acceptors (Lipinski definition) is 6. The monoisotopic (exact) mass is 484 g/mol. The van der Waals surface area contributed by atoms with Gasteiger partial charge in [-0.25, -0.2) is 4.79 Å². The van der Waals surface area contributed by atoms with Gasteiger partial charge in [-0.2, -0.15) is 0 Å². The molecule has 9 heteroatoms. The number of carbonyl (C=O) groups is 3. The number of carboxylic acid groups (broad SMARTS) is 1. The molecule has 3 rings (SSSR count). The molecule has 0 aromatic heterocycles. The van der Waals surface area contributed by atoms with Crippen LogP contribution in [0.3, 0.4) is 0 Å². The SMILES string of the molecule is CCOC(CNC(=O)OCC1c2ccccc2-c2ccccc21)CC(=O)NCC(C)(O)CC(=O)O. The van der Waals surface area contributed by atoms with Crippen molar-refractivity contribution in [1.82, 2.24) is 10.6 Å². The van der Waals surface area contributed by atoms with E-state index in [4.69, 9.17) is 14.6 Å². The first-order chi connectivity index (χ1) is 16.7. The minimum absolute atomic E-state index is 0.0554. The Kier molecular flexibility index (Phi) is 8.84. The molecular formula is C26H32N2O7. The lowest BCUT2D eigenvalue weighted by Crippen LogP contribution is -2.44. The third-order valence-corrected chi connectivity index (χ3v) is 5.83. The van der Waals surface area contributed by atoms with Crippen LogP contribution in [0.5, 0.6) is 0 Å². The number of ether oxygens (including phenoxy) is 2. The Hall–Kier alpha value is -3.43. The minimum Gasteiger partial charge on any atom is -0.481 e. The van der Waals surface area contributed by atoms with E-state index in [-0.39, 0.29) is 32.0 Å². The minimum atomic E-state index is -1.57. The van der Waals surface area contributed by atoms with Crippen LogP contribution in [0.1, 0.15) is 43.7 Å². The molecule has 2 unspecified atom stereocenters. The molecule has 0 saturated carbocycles. The molecule has 0 saturated heterocycles. The highest BCUT2D eigenvalue weighted by atomic mass is 16.5. The second-order valence-corrected chi connectivity index (χ2v) is 8.83. The van der Waals surface area contributed by atoms with Crippen LogP contribution in [-0.2, 0) is 19.1 Å². The third-order valence-electron chi connectivity index (χ3n) is 5.83. The van der Waals surface area contributed by atoms with E-state index in [2.05, 4.69) is 22.8 Å². The number of nitrogens with one attached hydrogen (secondary N) is 2. The Morgan fingerprint density at radius 1 is 1.03 bits per heavy atom. The highest BCUT2D eigenvalue weighted by Gasteiger charge is 2.29. The molecule has 2 amide bonds. The van der Waals surface area contributed by atoms with Gasteiger partial charge in [-0.05, 0) is 36.1 Å². The van der Waals surface area contributed by atoms with Crippen molar-refractivity contribution < 1.29 is 34.1 Å². The molecular weight excluding hydrogens is 452 g/mol. The van der Waals surface area contributed by atoms with Gasteiger partial charge in [0.05, 0.1) is 24.5 Å². The lowest BCUT2D eigenvalue weighted by Gasteiger charge is -2.23. The first kappa shape index (κ1) is 26.2. The fourth-order valence-electron chi connectivity index (χ4n) is 4.23. The van der Waals surface area contributed by atoms with Crippen LogP contribution in [0.25, 0.3) is 11.1 Å². The predicted molar refractivity (Wildman–Crippen MR) is 129 cm³/mol. The summed E-state index contributed by atoms with van der Waals surface area (Å²) in [6, 6.07) is 16.1. The van der Waals surface area contributed by atoms with Crippen molar-refractivity contribution >= 4 is 18.0 Å². The van der Waals surface area contributed by atoms with Crippen LogP contribution in [0, 0.1) is 0 Å². The van der Waals surface area contributed by atoms with Crippen molar-refractivity contribution in [2.24, 2.45) is 0 Å². The number of fused-ring (bicyclic) bond motifs is 3. The fourth-order valence-corrected chi connectivity index (χ4v) is 4.23.